The Bertz CT molecular complexity index is 710. The number of thioether (sulfide) groups is 1. The van der Waals surface area contributed by atoms with Gasteiger partial charge in [0.25, 0.3) is 0 Å². The number of aromatic nitrogens is 3. The SMILES string of the molecule is CCNC(=NCc1cccc(-c2ncn[nH]2)c1)N1CCSC(C)(C)C1. The molecule has 6 nitrogen and oxygen atoms in total. The summed E-state index contributed by atoms with van der Waals surface area (Å²) in [5, 5.41) is 10.3. The van der Waals surface area contributed by atoms with Gasteiger partial charge in [-0.3, -0.25) is 5.10 Å². The van der Waals surface area contributed by atoms with Gasteiger partial charge in [0.1, 0.15) is 6.33 Å². The fourth-order valence-corrected chi connectivity index (χ4v) is 4.06. The number of rotatable bonds is 4. The molecule has 0 bridgehead atoms. The lowest BCUT2D eigenvalue weighted by Gasteiger charge is -2.39. The minimum Gasteiger partial charge on any atom is -0.357 e. The fraction of sp³-hybridized carbons (Fsp3) is 0.500. The molecule has 0 saturated carbocycles. The molecule has 0 atom stereocenters. The zero-order valence-corrected chi connectivity index (χ0v) is 15.9. The number of benzene rings is 1. The van der Waals surface area contributed by atoms with E-state index in [1.54, 1.807) is 0 Å². The van der Waals surface area contributed by atoms with Crippen LogP contribution >= 0.6 is 11.8 Å². The summed E-state index contributed by atoms with van der Waals surface area (Å²) in [5.41, 5.74) is 2.20. The summed E-state index contributed by atoms with van der Waals surface area (Å²) in [6, 6.07) is 8.28. The van der Waals surface area contributed by atoms with Gasteiger partial charge in [-0.25, -0.2) is 9.98 Å². The molecule has 3 rings (SSSR count). The lowest BCUT2D eigenvalue weighted by atomic mass is 10.1. The van der Waals surface area contributed by atoms with Crippen LogP contribution in [0, 0.1) is 0 Å². The average molecular weight is 359 g/mol. The zero-order chi connectivity index (χ0) is 17.7. The fourth-order valence-electron chi connectivity index (χ4n) is 2.95. The monoisotopic (exact) mass is 358 g/mol. The molecule has 1 aliphatic rings. The van der Waals surface area contributed by atoms with Crippen molar-refractivity contribution >= 4 is 17.7 Å². The molecular formula is C18H26N6S. The van der Waals surface area contributed by atoms with E-state index in [-0.39, 0.29) is 4.75 Å². The Morgan fingerprint density at radius 3 is 3.04 bits per heavy atom. The predicted octanol–water partition coefficient (Wildman–Crippen LogP) is 2.76. The summed E-state index contributed by atoms with van der Waals surface area (Å²) < 4.78 is 0.265. The van der Waals surface area contributed by atoms with Crippen LogP contribution in [0.5, 0.6) is 0 Å². The summed E-state index contributed by atoms with van der Waals surface area (Å²) in [5.74, 6) is 2.92. The molecule has 0 spiro atoms. The number of aliphatic imine (C=N–C) groups is 1. The first-order valence-corrected chi connectivity index (χ1v) is 9.68. The predicted molar refractivity (Wildman–Crippen MR) is 105 cm³/mol. The Labute approximate surface area is 153 Å². The number of hydrogen-bond acceptors (Lipinski definition) is 4. The molecule has 0 aliphatic carbocycles. The van der Waals surface area contributed by atoms with Crippen LogP contribution in [0.3, 0.4) is 0 Å². The van der Waals surface area contributed by atoms with E-state index in [0.717, 1.165) is 48.3 Å². The summed E-state index contributed by atoms with van der Waals surface area (Å²) >= 11 is 2.03. The molecule has 1 aromatic heterocycles. The number of nitrogens with one attached hydrogen (secondary N) is 2. The maximum absolute atomic E-state index is 4.87. The van der Waals surface area contributed by atoms with Crippen LogP contribution < -0.4 is 5.32 Å². The van der Waals surface area contributed by atoms with Crippen LogP contribution in [0.25, 0.3) is 11.4 Å². The highest BCUT2D eigenvalue weighted by molar-refractivity contribution is 8.00. The van der Waals surface area contributed by atoms with E-state index in [0.29, 0.717) is 6.54 Å². The average Bonchev–Trinajstić information content (AvgIpc) is 3.12. The molecule has 2 heterocycles. The van der Waals surface area contributed by atoms with Crippen LogP contribution in [0.15, 0.2) is 35.6 Å². The Kier molecular flexibility index (Phi) is 5.63. The third-order valence-electron chi connectivity index (χ3n) is 4.09. The van der Waals surface area contributed by atoms with E-state index in [1.807, 2.05) is 23.9 Å². The highest BCUT2D eigenvalue weighted by Crippen LogP contribution is 2.29. The second-order valence-electron chi connectivity index (χ2n) is 6.73. The van der Waals surface area contributed by atoms with Crippen molar-refractivity contribution in [3.8, 4) is 11.4 Å². The van der Waals surface area contributed by atoms with Gasteiger partial charge in [0.15, 0.2) is 11.8 Å². The highest BCUT2D eigenvalue weighted by Gasteiger charge is 2.28. The van der Waals surface area contributed by atoms with Gasteiger partial charge in [0.2, 0.25) is 0 Å². The van der Waals surface area contributed by atoms with Crippen LogP contribution in [0.4, 0.5) is 0 Å². The molecule has 2 N–H and O–H groups in total. The number of aromatic amines is 1. The molecule has 0 unspecified atom stereocenters. The molecule has 0 radical (unpaired) electrons. The molecule has 1 saturated heterocycles. The van der Waals surface area contributed by atoms with Crippen molar-refractivity contribution in [1.82, 2.24) is 25.4 Å². The Hall–Kier alpha value is -2.02. The number of hydrogen-bond donors (Lipinski definition) is 2. The maximum atomic E-state index is 4.87. The summed E-state index contributed by atoms with van der Waals surface area (Å²) in [6.45, 7) is 10.3. The van der Waals surface area contributed by atoms with Gasteiger partial charge < -0.3 is 10.2 Å². The van der Waals surface area contributed by atoms with E-state index in [4.69, 9.17) is 4.99 Å². The van der Waals surface area contributed by atoms with Gasteiger partial charge in [0.05, 0.1) is 6.54 Å². The third-order valence-corrected chi connectivity index (χ3v) is 5.38. The van der Waals surface area contributed by atoms with Crippen LogP contribution in [-0.2, 0) is 6.54 Å². The molecule has 1 fully saturated rings. The minimum atomic E-state index is 0.265. The van der Waals surface area contributed by atoms with Crippen LogP contribution in [-0.4, -0.2) is 56.2 Å². The molecule has 1 aliphatic heterocycles. The number of H-pyrrole nitrogens is 1. The molecule has 134 valence electrons. The van der Waals surface area contributed by atoms with Gasteiger partial charge in [-0.1, -0.05) is 18.2 Å². The van der Waals surface area contributed by atoms with Crippen molar-refractivity contribution < 1.29 is 0 Å². The topological polar surface area (TPSA) is 69.2 Å². The normalized spacial score (nSPS) is 17.6. The van der Waals surface area contributed by atoms with E-state index in [2.05, 4.69) is 58.3 Å². The largest absolute Gasteiger partial charge is 0.357 e. The highest BCUT2D eigenvalue weighted by atomic mass is 32.2. The first-order valence-electron chi connectivity index (χ1n) is 8.69. The van der Waals surface area contributed by atoms with Crippen molar-refractivity contribution in [3.63, 3.8) is 0 Å². The van der Waals surface area contributed by atoms with Crippen LogP contribution in [0.1, 0.15) is 26.3 Å². The molecule has 1 aromatic carbocycles. The molecule has 7 heteroatoms. The van der Waals surface area contributed by atoms with E-state index >= 15 is 0 Å². The lowest BCUT2D eigenvalue weighted by Crippen LogP contribution is -2.50. The Balaban J connectivity index is 1.74. The van der Waals surface area contributed by atoms with E-state index < -0.39 is 0 Å². The maximum Gasteiger partial charge on any atom is 0.194 e. The second kappa shape index (κ2) is 7.91. The molecular weight excluding hydrogens is 332 g/mol. The van der Waals surface area contributed by atoms with Gasteiger partial charge in [-0.2, -0.15) is 16.9 Å². The van der Waals surface area contributed by atoms with Crippen LogP contribution in [0.2, 0.25) is 0 Å². The van der Waals surface area contributed by atoms with Crippen molar-refractivity contribution in [1.29, 1.82) is 0 Å². The van der Waals surface area contributed by atoms with Gasteiger partial charge in [-0.05, 0) is 32.4 Å². The molecule has 2 aromatic rings. The number of guanidine groups is 1. The lowest BCUT2D eigenvalue weighted by molar-refractivity contribution is 0.376. The summed E-state index contributed by atoms with van der Waals surface area (Å²) in [6.07, 6.45) is 1.53. The zero-order valence-electron chi connectivity index (χ0n) is 15.1. The van der Waals surface area contributed by atoms with E-state index in [9.17, 15) is 0 Å². The second-order valence-corrected chi connectivity index (χ2v) is 8.54. The summed E-state index contributed by atoms with van der Waals surface area (Å²) in [4.78, 5) is 11.5. The van der Waals surface area contributed by atoms with Crippen molar-refractivity contribution in [2.75, 3.05) is 25.4 Å². The van der Waals surface area contributed by atoms with Gasteiger partial charge >= 0.3 is 0 Å². The smallest absolute Gasteiger partial charge is 0.194 e. The van der Waals surface area contributed by atoms with E-state index in [1.165, 1.54) is 6.33 Å². The summed E-state index contributed by atoms with van der Waals surface area (Å²) in [7, 11) is 0. The Morgan fingerprint density at radius 2 is 2.32 bits per heavy atom. The number of nitrogens with zero attached hydrogens (tertiary/aromatic N) is 4. The minimum absolute atomic E-state index is 0.265. The van der Waals surface area contributed by atoms with Crippen molar-refractivity contribution in [2.24, 2.45) is 4.99 Å². The molecule has 25 heavy (non-hydrogen) atoms. The van der Waals surface area contributed by atoms with Gasteiger partial charge in [-0.15, -0.1) is 0 Å². The first kappa shape index (κ1) is 17.8. The van der Waals surface area contributed by atoms with Crippen molar-refractivity contribution in [2.45, 2.75) is 32.1 Å². The van der Waals surface area contributed by atoms with Gasteiger partial charge in [0, 0.05) is 35.7 Å². The standard InChI is InChI=1S/C18H26N6S/c1-4-19-17(24-8-9-25-18(2,3)12-24)20-11-14-6-5-7-15(10-14)16-21-13-22-23-16/h5-7,10,13H,4,8-9,11-12H2,1-3H3,(H,19,20)(H,21,22,23). The third kappa shape index (κ3) is 4.75. The molecule has 0 amide bonds. The first-order chi connectivity index (χ1) is 12.1. The quantitative estimate of drug-likeness (QED) is 0.650. The van der Waals surface area contributed by atoms with Crippen molar-refractivity contribution in [3.05, 3.63) is 36.2 Å². The Morgan fingerprint density at radius 1 is 1.44 bits per heavy atom.